The van der Waals surface area contributed by atoms with Gasteiger partial charge in [0.15, 0.2) is 0 Å². The lowest BCUT2D eigenvalue weighted by Crippen LogP contribution is -2.23. The smallest absolute Gasteiger partial charge is 0.265 e. The molecule has 0 aliphatic carbocycles. The topological polar surface area (TPSA) is 107 Å². The van der Waals surface area contributed by atoms with E-state index in [9.17, 15) is 9.59 Å². The van der Waals surface area contributed by atoms with Gasteiger partial charge in [-0.2, -0.15) is 0 Å². The molecule has 0 spiro atoms. The van der Waals surface area contributed by atoms with Gasteiger partial charge in [0.1, 0.15) is 17.2 Å². The number of aromatic nitrogens is 2. The molecule has 23 heavy (non-hydrogen) atoms. The molecule has 0 radical (unpaired) electrons. The number of benzene rings is 1. The Bertz CT molecular complexity index is 776. The molecule has 2 rings (SSSR count). The zero-order chi connectivity index (χ0) is 16.7. The van der Waals surface area contributed by atoms with Crippen molar-refractivity contribution in [1.29, 1.82) is 0 Å². The van der Waals surface area contributed by atoms with Crippen LogP contribution in [-0.2, 0) is 0 Å². The van der Waals surface area contributed by atoms with Crippen molar-refractivity contribution in [1.82, 2.24) is 14.9 Å². The Balaban J connectivity index is 1.80. The van der Waals surface area contributed by atoms with E-state index in [1.807, 2.05) is 0 Å². The van der Waals surface area contributed by atoms with Gasteiger partial charge < -0.3 is 15.8 Å². The Labute approximate surface area is 137 Å². The molecule has 0 bridgehead atoms. The van der Waals surface area contributed by atoms with E-state index in [0.717, 1.165) is 11.5 Å². The number of rotatable bonds is 5. The van der Waals surface area contributed by atoms with E-state index >= 15 is 0 Å². The highest BCUT2D eigenvalue weighted by Gasteiger charge is 2.11. The lowest BCUT2D eigenvalue weighted by molar-refractivity contribution is 0.0960. The van der Waals surface area contributed by atoms with Gasteiger partial charge >= 0.3 is 0 Å². The normalized spacial score (nSPS) is 9.61. The molecule has 2 aromatic rings. The molecule has 0 saturated heterocycles. The van der Waals surface area contributed by atoms with Crippen LogP contribution in [0.5, 0.6) is 5.75 Å². The van der Waals surface area contributed by atoms with Gasteiger partial charge in [0.05, 0.1) is 17.8 Å². The number of hydrogen-bond donors (Lipinski definition) is 2. The summed E-state index contributed by atoms with van der Waals surface area (Å²) in [4.78, 5) is 23.5. The second kappa shape index (κ2) is 7.91. The SMILES string of the molecule is Cc1nnsc1C(=O)NCC#CCOc1ccccc1C(N)=O. The van der Waals surface area contributed by atoms with Crippen LogP contribution in [0.3, 0.4) is 0 Å². The van der Waals surface area contributed by atoms with Gasteiger partial charge in [-0.3, -0.25) is 9.59 Å². The molecule has 1 heterocycles. The molecule has 1 aromatic heterocycles. The molecule has 0 atom stereocenters. The Hall–Kier alpha value is -2.92. The van der Waals surface area contributed by atoms with E-state index in [4.69, 9.17) is 10.5 Å². The number of amides is 2. The first kappa shape index (κ1) is 16.5. The molecule has 118 valence electrons. The van der Waals surface area contributed by atoms with Crippen molar-refractivity contribution in [3.63, 3.8) is 0 Å². The van der Waals surface area contributed by atoms with Crippen molar-refractivity contribution in [3.05, 3.63) is 40.4 Å². The number of para-hydroxylation sites is 1. The van der Waals surface area contributed by atoms with Crippen LogP contribution in [0.2, 0.25) is 0 Å². The van der Waals surface area contributed by atoms with Crippen molar-refractivity contribution in [2.24, 2.45) is 5.73 Å². The highest BCUT2D eigenvalue weighted by atomic mass is 32.1. The fourth-order valence-electron chi connectivity index (χ4n) is 1.67. The molecule has 2 amide bonds. The van der Waals surface area contributed by atoms with E-state index in [2.05, 4.69) is 26.7 Å². The quantitative estimate of drug-likeness (QED) is 0.787. The summed E-state index contributed by atoms with van der Waals surface area (Å²) in [6.45, 7) is 1.98. The zero-order valence-electron chi connectivity index (χ0n) is 12.3. The van der Waals surface area contributed by atoms with Crippen molar-refractivity contribution in [3.8, 4) is 17.6 Å². The minimum Gasteiger partial charge on any atom is -0.480 e. The van der Waals surface area contributed by atoms with Crippen molar-refractivity contribution in [2.45, 2.75) is 6.92 Å². The molecule has 0 aliphatic rings. The summed E-state index contributed by atoms with van der Waals surface area (Å²) in [6.07, 6.45) is 0. The number of primary amides is 1. The van der Waals surface area contributed by atoms with E-state index < -0.39 is 5.91 Å². The third-order valence-electron chi connectivity index (χ3n) is 2.77. The van der Waals surface area contributed by atoms with Gasteiger partial charge in [0.25, 0.3) is 11.8 Å². The van der Waals surface area contributed by atoms with Gasteiger partial charge in [-0.25, -0.2) is 0 Å². The highest BCUT2D eigenvalue weighted by molar-refractivity contribution is 7.07. The van der Waals surface area contributed by atoms with E-state index in [1.54, 1.807) is 31.2 Å². The number of aryl methyl sites for hydroxylation is 1. The second-order valence-electron chi connectivity index (χ2n) is 4.37. The Morgan fingerprint density at radius 3 is 2.83 bits per heavy atom. The summed E-state index contributed by atoms with van der Waals surface area (Å²) < 4.78 is 9.09. The fourth-order valence-corrected chi connectivity index (χ4v) is 2.24. The number of nitrogens with one attached hydrogen (secondary N) is 1. The number of ether oxygens (including phenoxy) is 1. The maximum Gasteiger partial charge on any atom is 0.265 e. The summed E-state index contributed by atoms with van der Waals surface area (Å²) in [5.74, 6) is 5.07. The van der Waals surface area contributed by atoms with Crippen molar-refractivity contribution < 1.29 is 14.3 Å². The molecule has 3 N–H and O–H groups in total. The van der Waals surface area contributed by atoms with Crippen LogP contribution in [0.4, 0.5) is 0 Å². The zero-order valence-corrected chi connectivity index (χ0v) is 13.1. The van der Waals surface area contributed by atoms with Crippen molar-refractivity contribution >= 4 is 23.3 Å². The molecule has 0 saturated carbocycles. The number of nitrogens with zero attached hydrogens (tertiary/aromatic N) is 2. The second-order valence-corrected chi connectivity index (χ2v) is 5.13. The molecule has 8 heteroatoms. The van der Waals surface area contributed by atoms with Crippen LogP contribution >= 0.6 is 11.5 Å². The fraction of sp³-hybridized carbons (Fsp3) is 0.200. The first-order valence-electron chi connectivity index (χ1n) is 6.64. The van der Waals surface area contributed by atoms with Crippen LogP contribution in [0.25, 0.3) is 0 Å². The molecule has 7 nitrogen and oxygen atoms in total. The predicted molar refractivity (Wildman–Crippen MR) is 85.2 cm³/mol. The molecule has 0 aliphatic heterocycles. The minimum absolute atomic E-state index is 0.0846. The predicted octanol–water partition coefficient (Wildman–Crippen LogP) is 0.758. The summed E-state index contributed by atoms with van der Waals surface area (Å²) in [5.41, 5.74) is 6.14. The van der Waals surface area contributed by atoms with Crippen LogP contribution in [0, 0.1) is 18.8 Å². The molecule has 0 unspecified atom stereocenters. The third kappa shape index (κ3) is 4.52. The molecular weight excluding hydrogens is 316 g/mol. The molecular formula is C15H14N4O3S. The van der Waals surface area contributed by atoms with E-state index in [-0.39, 0.29) is 19.1 Å². The first-order chi connectivity index (χ1) is 11.1. The van der Waals surface area contributed by atoms with Gasteiger partial charge in [-0.1, -0.05) is 28.5 Å². The lowest BCUT2D eigenvalue weighted by atomic mass is 10.2. The molecule has 0 fully saturated rings. The maximum absolute atomic E-state index is 11.8. The number of carbonyl (C=O) groups is 2. The monoisotopic (exact) mass is 330 g/mol. The summed E-state index contributed by atoms with van der Waals surface area (Å²) >= 11 is 1.04. The average Bonchev–Trinajstić information content (AvgIpc) is 2.97. The van der Waals surface area contributed by atoms with Crippen LogP contribution in [0.1, 0.15) is 25.7 Å². The van der Waals surface area contributed by atoms with E-state index in [0.29, 0.717) is 21.9 Å². The molecule has 1 aromatic carbocycles. The number of carbonyl (C=O) groups excluding carboxylic acids is 2. The summed E-state index contributed by atoms with van der Waals surface area (Å²) in [7, 11) is 0. The van der Waals surface area contributed by atoms with E-state index in [1.165, 1.54) is 0 Å². The number of nitrogens with two attached hydrogens (primary N) is 1. The van der Waals surface area contributed by atoms with Crippen LogP contribution in [-0.4, -0.2) is 34.6 Å². The van der Waals surface area contributed by atoms with Gasteiger partial charge in [0.2, 0.25) is 0 Å². The van der Waals surface area contributed by atoms with Gasteiger partial charge in [0, 0.05) is 0 Å². The van der Waals surface area contributed by atoms with Crippen molar-refractivity contribution in [2.75, 3.05) is 13.2 Å². The standard InChI is InChI=1S/C15H14N4O3S/c1-10-13(23-19-18-10)15(21)17-8-4-5-9-22-12-7-3-2-6-11(12)14(16)20/h2-3,6-7H,8-9H2,1H3,(H2,16,20)(H,17,21). The Kier molecular flexibility index (Phi) is 5.66. The maximum atomic E-state index is 11.8. The van der Waals surface area contributed by atoms with Gasteiger partial charge in [-0.05, 0) is 30.6 Å². The Morgan fingerprint density at radius 1 is 1.35 bits per heavy atom. The van der Waals surface area contributed by atoms with Gasteiger partial charge in [-0.15, -0.1) is 5.10 Å². The largest absolute Gasteiger partial charge is 0.480 e. The summed E-state index contributed by atoms with van der Waals surface area (Å²) in [6, 6.07) is 6.66. The summed E-state index contributed by atoms with van der Waals surface area (Å²) in [5, 5.41) is 6.41. The first-order valence-corrected chi connectivity index (χ1v) is 7.41. The Morgan fingerprint density at radius 2 is 2.13 bits per heavy atom. The average molecular weight is 330 g/mol. The van der Waals surface area contributed by atoms with Crippen LogP contribution < -0.4 is 15.8 Å². The lowest BCUT2D eigenvalue weighted by Gasteiger charge is -2.05. The van der Waals surface area contributed by atoms with Crippen LogP contribution in [0.15, 0.2) is 24.3 Å². The minimum atomic E-state index is -0.561. The highest BCUT2D eigenvalue weighted by Crippen LogP contribution is 2.16. The third-order valence-corrected chi connectivity index (χ3v) is 3.60. The number of hydrogen-bond acceptors (Lipinski definition) is 6.